The van der Waals surface area contributed by atoms with Crippen molar-refractivity contribution in [3.8, 4) is 0 Å². The third kappa shape index (κ3) is 4.44. The highest BCUT2D eigenvalue weighted by atomic mass is 35.5. The summed E-state index contributed by atoms with van der Waals surface area (Å²) < 4.78 is 27.5. The van der Waals surface area contributed by atoms with Crippen molar-refractivity contribution >= 4 is 61.4 Å². The maximum Gasteiger partial charge on any atom is 0.229 e. The van der Waals surface area contributed by atoms with Gasteiger partial charge >= 0.3 is 0 Å². The standard InChI is InChI=1S/C19H18ClN7O2S/c1-27-17-8-7-13(9-12(17)10-22-27)23-19-21-11-14(20)18(25-19)24-15-5-3-4-6-16(15)26-30(2,28)29/h3-11,26H,1-2H3,(H2,21,23,24,25). The number of sulfonamides is 1. The van der Waals surface area contributed by atoms with Gasteiger partial charge in [-0.2, -0.15) is 10.1 Å². The van der Waals surface area contributed by atoms with Crippen LogP contribution in [0, 0.1) is 0 Å². The molecule has 0 radical (unpaired) electrons. The Morgan fingerprint density at radius 1 is 1.03 bits per heavy atom. The third-order valence-electron chi connectivity index (χ3n) is 4.22. The molecule has 0 aliphatic rings. The van der Waals surface area contributed by atoms with Gasteiger partial charge in [-0.25, -0.2) is 13.4 Å². The predicted octanol–water partition coefficient (Wildman–Crippen LogP) is 3.88. The minimum atomic E-state index is -3.44. The summed E-state index contributed by atoms with van der Waals surface area (Å²) in [6, 6.07) is 12.6. The zero-order valence-electron chi connectivity index (χ0n) is 16.1. The van der Waals surface area contributed by atoms with E-state index in [2.05, 4.69) is 30.4 Å². The number of hydrogen-bond acceptors (Lipinski definition) is 7. The van der Waals surface area contributed by atoms with Gasteiger partial charge in [0.1, 0.15) is 5.02 Å². The van der Waals surface area contributed by atoms with Gasteiger partial charge in [-0.15, -0.1) is 0 Å². The molecule has 0 fully saturated rings. The van der Waals surface area contributed by atoms with Crippen LogP contribution < -0.4 is 15.4 Å². The molecule has 2 aromatic carbocycles. The van der Waals surface area contributed by atoms with Crippen molar-refractivity contribution in [2.75, 3.05) is 21.6 Å². The first kappa shape index (κ1) is 19.9. The summed E-state index contributed by atoms with van der Waals surface area (Å²) in [5, 5.41) is 11.7. The van der Waals surface area contributed by atoms with E-state index in [4.69, 9.17) is 11.6 Å². The van der Waals surface area contributed by atoms with E-state index in [9.17, 15) is 8.42 Å². The van der Waals surface area contributed by atoms with Crippen LogP contribution in [0.15, 0.2) is 54.9 Å². The van der Waals surface area contributed by atoms with E-state index in [-0.39, 0.29) is 5.02 Å². The molecule has 11 heteroatoms. The molecule has 2 aromatic heterocycles. The van der Waals surface area contributed by atoms with Gasteiger partial charge in [-0.05, 0) is 30.3 Å². The lowest BCUT2D eigenvalue weighted by Crippen LogP contribution is -2.11. The highest BCUT2D eigenvalue weighted by Gasteiger charge is 2.11. The van der Waals surface area contributed by atoms with Crippen LogP contribution >= 0.6 is 11.6 Å². The topological polar surface area (TPSA) is 114 Å². The Labute approximate surface area is 178 Å². The lowest BCUT2D eigenvalue weighted by Gasteiger charge is -2.14. The van der Waals surface area contributed by atoms with E-state index in [1.54, 1.807) is 35.1 Å². The number of para-hydroxylation sites is 2. The van der Waals surface area contributed by atoms with Crippen molar-refractivity contribution in [1.29, 1.82) is 0 Å². The summed E-state index contributed by atoms with van der Waals surface area (Å²) >= 11 is 6.25. The fourth-order valence-electron chi connectivity index (χ4n) is 2.89. The van der Waals surface area contributed by atoms with Crippen LogP contribution in [0.3, 0.4) is 0 Å². The molecule has 0 saturated heterocycles. The molecular weight excluding hydrogens is 426 g/mol. The first-order valence-electron chi connectivity index (χ1n) is 8.84. The molecule has 4 aromatic rings. The van der Waals surface area contributed by atoms with E-state index >= 15 is 0 Å². The zero-order valence-corrected chi connectivity index (χ0v) is 17.7. The summed E-state index contributed by atoms with van der Waals surface area (Å²) in [5.74, 6) is 0.665. The summed E-state index contributed by atoms with van der Waals surface area (Å²) in [7, 11) is -1.56. The van der Waals surface area contributed by atoms with Crippen molar-refractivity contribution in [1.82, 2.24) is 19.7 Å². The van der Waals surface area contributed by atoms with Crippen LogP contribution in [0.5, 0.6) is 0 Å². The fraction of sp³-hybridized carbons (Fsp3) is 0.105. The minimum absolute atomic E-state index is 0.289. The number of hydrogen-bond donors (Lipinski definition) is 3. The van der Waals surface area contributed by atoms with Crippen LogP contribution in [0.4, 0.5) is 28.8 Å². The summed E-state index contributed by atoms with van der Waals surface area (Å²) in [6.07, 6.45) is 4.33. The molecule has 0 atom stereocenters. The summed E-state index contributed by atoms with van der Waals surface area (Å²) in [5.41, 5.74) is 2.69. The second-order valence-corrected chi connectivity index (χ2v) is 8.76. The molecule has 30 heavy (non-hydrogen) atoms. The Morgan fingerprint density at radius 2 is 1.80 bits per heavy atom. The van der Waals surface area contributed by atoms with Crippen LogP contribution in [-0.2, 0) is 17.1 Å². The average molecular weight is 444 g/mol. The van der Waals surface area contributed by atoms with Crippen LogP contribution in [-0.4, -0.2) is 34.4 Å². The molecule has 154 valence electrons. The van der Waals surface area contributed by atoms with Crippen molar-refractivity contribution in [3.05, 3.63) is 59.9 Å². The second kappa shape index (κ2) is 7.81. The maximum absolute atomic E-state index is 11.6. The first-order valence-corrected chi connectivity index (χ1v) is 11.1. The van der Waals surface area contributed by atoms with E-state index in [0.29, 0.717) is 23.1 Å². The van der Waals surface area contributed by atoms with Gasteiger partial charge < -0.3 is 10.6 Å². The zero-order chi connectivity index (χ0) is 21.3. The van der Waals surface area contributed by atoms with Crippen LogP contribution in [0.25, 0.3) is 10.9 Å². The lowest BCUT2D eigenvalue weighted by atomic mass is 10.2. The predicted molar refractivity (Wildman–Crippen MR) is 119 cm³/mol. The Morgan fingerprint density at radius 3 is 2.57 bits per heavy atom. The Bertz CT molecular complexity index is 1340. The van der Waals surface area contributed by atoms with Crippen LogP contribution in [0.1, 0.15) is 0 Å². The number of aromatic nitrogens is 4. The van der Waals surface area contributed by atoms with Gasteiger partial charge in [0.2, 0.25) is 16.0 Å². The molecule has 0 aliphatic carbocycles. The van der Waals surface area contributed by atoms with Crippen LogP contribution in [0.2, 0.25) is 5.02 Å². The highest BCUT2D eigenvalue weighted by molar-refractivity contribution is 7.92. The number of benzene rings is 2. The van der Waals surface area contributed by atoms with Crippen molar-refractivity contribution < 1.29 is 8.42 Å². The maximum atomic E-state index is 11.6. The normalized spacial score (nSPS) is 11.4. The van der Waals surface area contributed by atoms with Gasteiger partial charge in [-0.1, -0.05) is 23.7 Å². The van der Waals surface area contributed by atoms with Crippen molar-refractivity contribution in [3.63, 3.8) is 0 Å². The van der Waals surface area contributed by atoms with Crippen molar-refractivity contribution in [2.24, 2.45) is 7.05 Å². The summed E-state index contributed by atoms with van der Waals surface area (Å²) in [6.45, 7) is 0. The number of nitrogens with one attached hydrogen (secondary N) is 3. The van der Waals surface area contributed by atoms with E-state index < -0.39 is 10.0 Å². The number of anilines is 5. The number of nitrogens with zero attached hydrogens (tertiary/aromatic N) is 4. The Hall–Kier alpha value is -3.37. The molecule has 0 amide bonds. The Balaban J connectivity index is 1.61. The van der Waals surface area contributed by atoms with E-state index in [1.165, 1.54) is 6.20 Å². The Kier molecular flexibility index (Phi) is 5.18. The number of aryl methyl sites for hydroxylation is 1. The van der Waals surface area contributed by atoms with Gasteiger partial charge in [0.15, 0.2) is 5.82 Å². The molecule has 0 spiro atoms. The van der Waals surface area contributed by atoms with Gasteiger partial charge in [-0.3, -0.25) is 9.40 Å². The monoisotopic (exact) mass is 443 g/mol. The molecule has 9 nitrogen and oxygen atoms in total. The van der Waals surface area contributed by atoms with Crippen molar-refractivity contribution in [2.45, 2.75) is 0 Å². The largest absolute Gasteiger partial charge is 0.337 e. The number of halogens is 1. The summed E-state index contributed by atoms with van der Waals surface area (Å²) in [4.78, 5) is 8.64. The molecule has 4 rings (SSSR count). The first-order chi connectivity index (χ1) is 14.3. The van der Waals surface area contributed by atoms with E-state index in [0.717, 1.165) is 22.8 Å². The third-order valence-corrected chi connectivity index (χ3v) is 5.09. The average Bonchev–Trinajstić information content (AvgIpc) is 3.05. The second-order valence-electron chi connectivity index (χ2n) is 6.60. The van der Waals surface area contributed by atoms with Gasteiger partial charge in [0.25, 0.3) is 0 Å². The van der Waals surface area contributed by atoms with Gasteiger partial charge in [0.05, 0.1) is 35.5 Å². The lowest BCUT2D eigenvalue weighted by molar-refractivity contribution is 0.607. The molecule has 0 unspecified atom stereocenters. The quantitative estimate of drug-likeness (QED) is 0.414. The molecule has 0 aliphatic heterocycles. The molecule has 0 bridgehead atoms. The van der Waals surface area contributed by atoms with Gasteiger partial charge in [0, 0.05) is 18.1 Å². The minimum Gasteiger partial charge on any atom is -0.337 e. The smallest absolute Gasteiger partial charge is 0.229 e. The SMILES string of the molecule is Cn1ncc2cc(Nc3ncc(Cl)c(Nc4ccccc4NS(C)(=O)=O)n3)ccc21. The molecular formula is C19H18ClN7O2S. The molecule has 2 heterocycles. The fourth-order valence-corrected chi connectivity index (χ4v) is 3.61. The number of rotatable bonds is 6. The molecule has 0 saturated carbocycles. The molecule has 3 N–H and O–H groups in total. The van der Waals surface area contributed by atoms with E-state index in [1.807, 2.05) is 25.2 Å². The number of fused-ring (bicyclic) bond motifs is 1. The highest BCUT2D eigenvalue weighted by Crippen LogP contribution is 2.30.